The van der Waals surface area contributed by atoms with Crippen LogP contribution in [-0.4, -0.2) is 27.1 Å². The Morgan fingerprint density at radius 2 is 2.00 bits per heavy atom. The number of carbonyl (C=O) groups is 1. The summed E-state index contributed by atoms with van der Waals surface area (Å²) in [5.41, 5.74) is 5.26. The fraction of sp³-hybridized carbons (Fsp3) is 0.0556. The van der Waals surface area contributed by atoms with Crippen molar-refractivity contribution in [1.29, 1.82) is 0 Å². The van der Waals surface area contributed by atoms with E-state index in [9.17, 15) is 9.90 Å². The highest BCUT2D eigenvalue weighted by Gasteiger charge is 2.14. The van der Waals surface area contributed by atoms with Gasteiger partial charge in [0.15, 0.2) is 0 Å². The fourth-order valence-corrected chi connectivity index (χ4v) is 2.88. The molecular weight excluding hydrogens is 375 g/mol. The number of carboxylic acid groups (broad SMARTS) is 1. The number of hydrogen-bond acceptors (Lipinski definition) is 4. The van der Waals surface area contributed by atoms with E-state index < -0.39 is 5.97 Å². The molecule has 0 radical (unpaired) electrons. The average molecular weight is 389 g/mol. The van der Waals surface area contributed by atoms with Crippen LogP contribution in [0.2, 0.25) is 10.2 Å². The molecule has 0 amide bonds. The van der Waals surface area contributed by atoms with E-state index in [1.165, 1.54) is 12.3 Å². The predicted octanol–water partition coefficient (Wildman–Crippen LogP) is 4.63. The maximum absolute atomic E-state index is 11.2. The Balaban J connectivity index is 1.87. The first-order chi connectivity index (χ1) is 12.5. The van der Waals surface area contributed by atoms with Crippen LogP contribution in [-0.2, 0) is 0 Å². The van der Waals surface area contributed by atoms with Crippen molar-refractivity contribution in [2.24, 2.45) is 5.10 Å². The normalized spacial score (nSPS) is 11.0. The van der Waals surface area contributed by atoms with Crippen molar-refractivity contribution in [1.82, 2.24) is 9.78 Å². The molecule has 8 heteroatoms. The molecule has 0 aliphatic rings. The van der Waals surface area contributed by atoms with Gasteiger partial charge in [-0.15, -0.1) is 0 Å². The highest BCUT2D eigenvalue weighted by atomic mass is 35.5. The molecule has 0 saturated heterocycles. The molecule has 0 atom stereocenters. The Morgan fingerprint density at radius 1 is 1.23 bits per heavy atom. The van der Waals surface area contributed by atoms with Gasteiger partial charge in [0.2, 0.25) is 0 Å². The number of nitrogens with one attached hydrogen (secondary N) is 1. The number of para-hydroxylation sites is 1. The Kier molecular flexibility index (Phi) is 5.25. The van der Waals surface area contributed by atoms with E-state index in [0.29, 0.717) is 27.1 Å². The number of nitrogens with zero attached hydrogens (tertiary/aromatic N) is 3. The van der Waals surface area contributed by atoms with Gasteiger partial charge in [0.25, 0.3) is 0 Å². The van der Waals surface area contributed by atoms with Crippen LogP contribution >= 0.6 is 23.2 Å². The molecule has 0 spiro atoms. The van der Waals surface area contributed by atoms with Crippen LogP contribution < -0.4 is 5.43 Å². The summed E-state index contributed by atoms with van der Waals surface area (Å²) in [4.78, 5) is 11.2. The molecule has 3 aromatic rings. The van der Waals surface area contributed by atoms with Crippen molar-refractivity contribution < 1.29 is 9.90 Å². The number of hydrazone groups is 1. The fourth-order valence-electron chi connectivity index (χ4n) is 2.37. The molecule has 1 heterocycles. The number of benzene rings is 2. The van der Waals surface area contributed by atoms with Crippen LogP contribution in [0.1, 0.15) is 21.6 Å². The van der Waals surface area contributed by atoms with Crippen LogP contribution in [0.25, 0.3) is 5.69 Å². The molecule has 132 valence electrons. The average Bonchev–Trinajstić information content (AvgIpc) is 2.90. The van der Waals surface area contributed by atoms with Crippen molar-refractivity contribution in [2.75, 3.05) is 5.43 Å². The van der Waals surface area contributed by atoms with Gasteiger partial charge in [0, 0.05) is 5.02 Å². The third kappa shape index (κ3) is 3.71. The van der Waals surface area contributed by atoms with Gasteiger partial charge in [-0.2, -0.15) is 10.2 Å². The predicted molar refractivity (Wildman–Crippen MR) is 103 cm³/mol. The second kappa shape index (κ2) is 7.59. The van der Waals surface area contributed by atoms with Gasteiger partial charge in [-0.05, 0) is 37.3 Å². The van der Waals surface area contributed by atoms with Crippen molar-refractivity contribution in [3.8, 4) is 5.69 Å². The molecule has 26 heavy (non-hydrogen) atoms. The summed E-state index contributed by atoms with van der Waals surface area (Å²) in [6.45, 7) is 1.81. The Morgan fingerprint density at radius 3 is 2.73 bits per heavy atom. The Hall–Kier alpha value is -2.83. The number of aromatic carboxylic acids is 1. The van der Waals surface area contributed by atoms with Gasteiger partial charge in [-0.3, -0.25) is 5.43 Å². The molecule has 1 aromatic heterocycles. The van der Waals surface area contributed by atoms with Gasteiger partial charge in [0.05, 0.1) is 34.4 Å². The number of halogens is 2. The molecule has 0 aliphatic carbocycles. The number of rotatable bonds is 5. The van der Waals surface area contributed by atoms with Crippen LogP contribution in [0.15, 0.2) is 53.6 Å². The topological polar surface area (TPSA) is 79.5 Å². The third-order valence-electron chi connectivity index (χ3n) is 3.64. The minimum atomic E-state index is -1.04. The molecule has 0 fully saturated rings. The van der Waals surface area contributed by atoms with E-state index in [2.05, 4.69) is 15.6 Å². The van der Waals surface area contributed by atoms with Crippen molar-refractivity contribution in [2.45, 2.75) is 6.92 Å². The summed E-state index contributed by atoms with van der Waals surface area (Å²) in [6.07, 6.45) is 1.50. The van der Waals surface area contributed by atoms with E-state index in [1.807, 2.05) is 12.1 Å². The second-order valence-corrected chi connectivity index (χ2v) is 6.20. The second-order valence-electron chi connectivity index (χ2n) is 5.40. The molecule has 6 nitrogen and oxygen atoms in total. The molecular formula is C18H14Cl2N4O2. The molecule has 0 aliphatic heterocycles. The van der Waals surface area contributed by atoms with Gasteiger partial charge in [0.1, 0.15) is 5.15 Å². The number of anilines is 1. The van der Waals surface area contributed by atoms with Crippen molar-refractivity contribution in [3.63, 3.8) is 0 Å². The van der Waals surface area contributed by atoms with Crippen molar-refractivity contribution >= 4 is 41.1 Å². The zero-order chi connectivity index (χ0) is 18.7. The summed E-state index contributed by atoms with van der Waals surface area (Å²) in [5.74, 6) is -1.04. The highest BCUT2D eigenvalue weighted by Crippen LogP contribution is 2.24. The monoisotopic (exact) mass is 388 g/mol. The van der Waals surface area contributed by atoms with Crippen LogP contribution in [0.4, 0.5) is 5.69 Å². The van der Waals surface area contributed by atoms with Crippen LogP contribution in [0.5, 0.6) is 0 Å². The maximum atomic E-state index is 11.2. The quantitative estimate of drug-likeness (QED) is 0.493. The summed E-state index contributed by atoms with van der Waals surface area (Å²) < 4.78 is 1.56. The Bertz CT molecular complexity index is 999. The zero-order valence-corrected chi connectivity index (χ0v) is 15.2. The number of aryl methyl sites for hydroxylation is 1. The lowest BCUT2D eigenvalue weighted by molar-refractivity contribution is 0.0698. The zero-order valence-electron chi connectivity index (χ0n) is 13.6. The molecule has 0 saturated carbocycles. The van der Waals surface area contributed by atoms with E-state index in [1.54, 1.807) is 41.9 Å². The molecule has 0 bridgehead atoms. The molecule has 2 aromatic carbocycles. The largest absolute Gasteiger partial charge is 0.478 e. The minimum absolute atomic E-state index is 0.127. The van der Waals surface area contributed by atoms with Crippen molar-refractivity contribution in [3.05, 3.63) is 75.5 Å². The van der Waals surface area contributed by atoms with Gasteiger partial charge in [-0.25, -0.2) is 9.48 Å². The molecule has 0 unspecified atom stereocenters. The first-order valence-corrected chi connectivity index (χ1v) is 8.35. The minimum Gasteiger partial charge on any atom is -0.478 e. The van der Waals surface area contributed by atoms with Crippen LogP contribution in [0, 0.1) is 6.92 Å². The van der Waals surface area contributed by atoms with Gasteiger partial charge < -0.3 is 5.11 Å². The van der Waals surface area contributed by atoms with Crippen LogP contribution in [0.3, 0.4) is 0 Å². The standard InChI is InChI=1S/C18H14Cl2N4O2/c1-11-15(10-21-22-16-8-3-2-7-14(16)18(25)26)17(20)24(23-11)13-6-4-5-12(19)9-13/h2-10,22H,1H3,(H,25,26)/b21-10+. The first-order valence-electron chi connectivity index (χ1n) is 7.60. The van der Waals surface area contributed by atoms with Gasteiger partial charge >= 0.3 is 5.97 Å². The first kappa shape index (κ1) is 18.0. The Labute approximate surface area is 159 Å². The summed E-state index contributed by atoms with van der Waals surface area (Å²) in [7, 11) is 0. The van der Waals surface area contributed by atoms with E-state index in [-0.39, 0.29) is 5.56 Å². The summed E-state index contributed by atoms with van der Waals surface area (Å²) in [5, 5.41) is 18.6. The lowest BCUT2D eigenvalue weighted by Gasteiger charge is -2.04. The summed E-state index contributed by atoms with van der Waals surface area (Å²) >= 11 is 12.4. The number of hydrogen-bond donors (Lipinski definition) is 2. The van der Waals surface area contributed by atoms with E-state index >= 15 is 0 Å². The highest BCUT2D eigenvalue weighted by molar-refractivity contribution is 6.32. The SMILES string of the molecule is Cc1nn(-c2cccc(Cl)c2)c(Cl)c1/C=N/Nc1ccccc1C(=O)O. The van der Waals surface area contributed by atoms with Gasteiger partial charge in [-0.1, -0.05) is 41.4 Å². The summed E-state index contributed by atoms with van der Waals surface area (Å²) in [6, 6.07) is 13.7. The third-order valence-corrected chi connectivity index (χ3v) is 4.24. The molecule has 2 N–H and O–H groups in total. The number of carboxylic acids is 1. The lowest BCUT2D eigenvalue weighted by Crippen LogP contribution is -2.02. The smallest absolute Gasteiger partial charge is 0.337 e. The molecule has 3 rings (SSSR count). The van der Waals surface area contributed by atoms with E-state index in [0.717, 1.165) is 5.69 Å². The van der Waals surface area contributed by atoms with E-state index in [4.69, 9.17) is 23.2 Å². The maximum Gasteiger partial charge on any atom is 0.337 e. The number of aromatic nitrogens is 2. The lowest BCUT2D eigenvalue weighted by atomic mass is 10.2.